The van der Waals surface area contributed by atoms with Gasteiger partial charge in [-0.2, -0.15) is 18.3 Å². The van der Waals surface area contributed by atoms with Gasteiger partial charge < -0.3 is 4.57 Å². The van der Waals surface area contributed by atoms with Crippen LogP contribution in [-0.2, 0) is 12.7 Å². The van der Waals surface area contributed by atoms with E-state index in [0.717, 1.165) is 12.1 Å². The highest BCUT2D eigenvalue weighted by molar-refractivity contribution is 7.71. The summed E-state index contributed by atoms with van der Waals surface area (Å²) in [6.07, 6.45) is -4.75. The summed E-state index contributed by atoms with van der Waals surface area (Å²) in [5.41, 5.74) is -1.16. The van der Waals surface area contributed by atoms with Crippen LogP contribution < -0.4 is 0 Å². The average Bonchev–Trinajstić information content (AvgIpc) is 2.69. The van der Waals surface area contributed by atoms with E-state index in [1.54, 1.807) is 6.92 Å². The first-order valence-corrected chi connectivity index (χ1v) is 5.77. The number of nitrogens with zero attached hydrogens (tertiary/aromatic N) is 2. The number of aromatic amines is 1. The molecule has 19 heavy (non-hydrogen) atoms. The number of nitrogens with one attached hydrogen (secondary N) is 1. The molecule has 0 unspecified atom stereocenters. The Kier molecular flexibility index (Phi) is 3.44. The molecule has 0 radical (unpaired) electrons. The summed E-state index contributed by atoms with van der Waals surface area (Å²) in [6, 6.07) is 2.74. The Morgan fingerprint density at radius 1 is 1.37 bits per heavy atom. The number of halogens is 4. The highest BCUT2D eigenvalue weighted by atomic mass is 32.1. The van der Waals surface area contributed by atoms with Gasteiger partial charge >= 0.3 is 6.18 Å². The van der Waals surface area contributed by atoms with E-state index in [9.17, 15) is 17.6 Å². The van der Waals surface area contributed by atoms with E-state index in [4.69, 9.17) is 12.2 Å². The summed E-state index contributed by atoms with van der Waals surface area (Å²) in [5, 5.41) is 6.37. The van der Waals surface area contributed by atoms with Gasteiger partial charge in [0.25, 0.3) is 0 Å². The molecule has 0 fully saturated rings. The van der Waals surface area contributed by atoms with E-state index >= 15 is 0 Å². The molecule has 1 aromatic heterocycles. The number of benzene rings is 1. The Labute approximate surface area is 110 Å². The quantitative estimate of drug-likeness (QED) is 0.674. The van der Waals surface area contributed by atoms with Gasteiger partial charge in [-0.15, -0.1) is 0 Å². The van der Waals surface area contributed by atoms with Gasteiger partial charge in [-0.1, -0.05) is 0 Å². The normalized spacial score (nSPS) is 11.8. The van der Waals surface area contributed by atoms with Gasteiger partial charge in [0.15, 0.2) is 10.6 Å². The summed E-state index contributed by atoms with van der Waals surface area (Å²) >= 11 is 4.95. The Morgan fingerprint density at radius 3 is 2.63 bits per heavy atom. The van der Waals surface area contributed by atoms with Crippen molar-refractivity contribution in [3.05, 3.63) is 34.4 Å². The maximum Gasteiger partial charge on any atom is 0.419 e. The van der Waals surface area contributed by atoms with Gasteiger partial charge in [0.05, 0.1) is 5.56 Å². The first-order chi connectivity index (χ1) is 8.84. The molecule has 0 amide bonds. The van der Waals surface area contributed by atoms with E-state index in [1.165, 1.54) is 10.6 Å². The number of rotatable bonds is 2. The van der Waals surface area contributed by atoms with Gasteiger partial charge in [-0.25, -0.2) is 4.39 Å². The minimum atomic E-state index is -4.75. The second-order valence-corrected chi connectivity index (χ2v) is 4.18. The molecule has 1 N–H and O–H groups in total. The number of hydrogen-bond acceptors (Lipinski definition) is 2. The number of aromatic nitrogens is 3. The summed E-state index contributed by atoms with van der Waals surface area (Å²) in [6.45, 7) is 2.23. The van der Waals surface area contributed by atoms with Crippen molar-refractivity contribution in [2.24, 2.45) is 0 Å². The molecule has 0 bridgehead atoms. The average molecular weight is 291 g/mol. The Morgan fingerprint density at radius 2 is 2.05 bits per heavy atom. The topological polar surface area (TPSA) is 33.6 Å². The highest BCUT2D eigenvalue weighted by Crippen LogP contribution is 2.33. The van der Waals surface area contributed by atoms with Gasteiger partial charge in [-0.05, 0) is 37.3 Å². The zero-order valence-electron chi connectivity index (χ0n) is 9.75. The van der Waals surface area contributed by atoms with Crippen molar-refractivity contribution in [2.45, 2.75) is 19.6 Å². The predicted molar refractivity (Wildman–Crippen MR) is 63.5 cm³/mol. The van der Waals surface area contributed by atoms with E-state index in [-0.39, 0.29) is 11.4 Å². The first kappa shape index (κ1) is 13.7. The van der Waals surface area contributed by atoms with Crippen molar-refractivity contribution in [3.8, 4) is 11.4 Å². The maximum absolute atomic E-state index is 13.2. The van der Waals surface area contributed by atoms with Gasteiger partial charge in [-0.3, -0.25) is 5.10 Å². The Bertz CT molecular complexity index is 657. The largest absolute Gasteiger partial charge is 0.419 e. The van der Waals surface area contributed by atoms with Crippen LogP contribution in [0.4, 0.5) is 17.6 Å². The standard InChI is InChI=1S/C11H9F4N3S/c1-2-18-9(16-17-10(18)19)6-3-4-8(12)7(5-6)11(13,14)15/h3-5H,2H2,1H3,(H,17,19). The van der Waals surface area contributed by atoms with Crippen LogP contribution in [0.1, 0.15) is 12.5 Å². The zero-order valence-corrected chi connectivity index (χ0v) is 10.6. The molecule has 3 nitrogen and oxygen atoms in total. The third-order valence-electron chi connectivity index (χ3n) is 2.60. The molecule has 8 heteroatoms. The zero-order chi connectivity index (χ0) is 14.2. The van der Waals surface area contributed by atoms with E-state index < -0.39 is 17.6 Å². The number of H-pyrrole nitrogens is 1. The minimum absolute atomic E-state index is 0.155. The molecule has 0 saturated heterocycles. The second-order valence-electron chi connectivity index (χ2n) is 3.79. The van der Waals surface area contributed by atoms with Crippen molar-refractivity contribution in [3.63, 3.8) is 0 Å². The molecule has 0 aliphatic carbocycles. The minimum Gasteiger partial charge on any atom is -0.300 e. The molecule has 102 valence electrons. The van der Waals surface area contributed by atoms with Crippen molar-refractivity contribution in [1.29, 1.82) is 0 Å². The molecule has 0 spiro atoms. The lowest BCUT2D eigenvalue weighted by Crippen LogP contribution is -2.08. The van der Waals surface area contributed by atoms with Crippen LogP contribution >= 0.6 is 12.2 Å². The van der Waals surface area contributed by atoms with E-state index in [2.05, 4.69) is 10.2 Å². The van der Waals surface area contributed by atoms with Crippen molar-refractivity contribution in [2.75, 3.05) is 0 Å². The number of hydrogen-bond donors (Lipinski definition) is 1. The molecule has 1 heterocycles. The molecular weight excluding hydrogens is 282 g/mol. The lowest BCUT2D eigenvalue weighted by Gasteiger charge is -2.10. The predicted octanol–water partition coefficient (Wildman–Crippen LogP) is 3.79. The van der Waals surface area contributed by atoms with Crippen molar-refractivity contribution >= 4 is 12.2 Å². The molecule has 0 saturated carbocycles. The fourth-order valence-corrected chi connectivity index (χ4v) is 1.97. The molecule has 2 rings (SSSR count). The van der Waals surface area contributed by atoms with Crippen molar-refractivity contribution in [1.82, 2.24) is 14.8 Å². The summed E-state index contributed by atoms with van der Waals surface area (Å²) in [7, 11) is 0. The van der Waals surface area contributed by atoms with Crippen LogP contribution in [-0.4, -0.2) is 14.8 Å². The van der Waals surface area contributed by atoms with E-state index in [1.807, 2.05) is 0 Å². The van der Waals surface area contributed by atoms with Gasteiger partial charge in [0.1, 0.15) is 5.82 Å². The lowest BCUT2D eigenvalue weighted by atomic mass is 10.1. The van der Waals surface area contributed by atoms with Crippen LogP contribution in [0.15, 0.2) is 18.2 Å². The molecule has 1 aromatic carbocycles. The van der Waals surface area contributed by atoms with Crippen LogP contribution in [0.3, 0.4) is 0 Å². The summed E-state index contributed by atoms with van der Waals surface area (Å²) in [5.74, 6) is -1.06. The highest BCUT2D eigenvalue weighted by Gasteiger charge is 2.34. The van der Waals surface area contributed by atoms with Crippen LogP contribution in [0.25, 0.3) is 11.4 Å². The van der Waals surface area contributed by atoms with Crippen LogP contribution in [0.5, 0.6) is 0 Å². The number of alkyl halides is 3. The molecule has 2 aromatic rings. The van der Waals surface area contributed by atoms with Gasteiger partial charge in [0, 0.05) is 12.1 Å². The second kappa shape index (κ2) is 4.76. The molecule has 0 atom stereocenters. The fraction of sp³-hybridized carbons (Fsp3) is 0.273. The smallest absolute Gasteiger partial charge is 0.300 e. The SMILES string of the molecule is CCn1c(-c2ccc(F)c(C(F)(F)F)c2)n[nH]c1=S. The summed E-state index contributed by atoms with van der Waals surface area (Å²) in [4.78, 5) is 0. The summed E-state index contributed by atoms with van der Waals surface area (Å²) < 4.78 is 52.9. The first-order valence-electron chi connectivity index (χ1n) is 5.37. The Hall–Kier alpha value is -1.70. The van der Waals surface area contributed by atoms with Gasteiger partial charge in [0.2, 0.25) is 0 Å². The van der Waals surface area contributed by atoms with Crippen molar-refractivity contribution < 1.29 is 17.6 Å². The third-order valence-corrected chi connectivity index (χ3v) is 2.92. The van der Waals surface area contributed by atoms with Crippen LogP contribution in [0.2, 0.25) is 0 Å². The third kappa shape index (κ3) is 2.53. The fourth-order valence-electron chi connectivity index (χ4n) is 1.71. The lowest BCUT2D eigenvalue weighted by molar-refractivity contribution is -0.139. The Balaban J connectivity index is 2.61. The van der Waals surface area contributed by atoms with E-state index in [0.29, 0.717) is 11.3 Å². The molecular formula is C11H9F4N3S. The monoisotopic (exact) mass is 291 g/mol. The maximum atomic E-state index is 13.2. The molecule has 0 aliphatic rings. The molecule has 0 aliphatic heterocycles. The van der Waals surface area contributed by atoms with Crippen LogP contribution in [0, 0.1) is 10.6 Å².